The number of fused-ring (bicyclic) bond motifs is 1. The number of pyridine rings is 1. The lowest BCUT2D eigenvalue weighted by Gasteiger charge is -2.10. The van der Waals surface area contributed by atoms with Gasteiger partial charge in [-0.15, -0.1) is 11.3 Å². The van der Waals surface area contributed by atoms with Gasteiger partial charge in [0.05, 0.1) is 5.39 Å². The molecule has 0 saturated heterocycles. The number of carbonyl (C=O) groups is 1. The van der Waals surface area contributed by atoms with Crippen LogP contribution in [0.1, 0.15) is 15.2 Å². The molecule has 0 fully saturated rings. The third-order valence-electron chi connectivity index (χ3n) is 5.00. The zero-order chi connectivity index (χ0) is 22.1. The molecule has 32 heavy (non-hydrogen) atoms. The van der Waals surface area contributed by atoms with Gasteiger partial charge in [0.2, 0.25) is 11.8 Å². The molecular formula is C25H18N4O2S. The van der Waals surface area contributed by atoms with Crippen molar-refractivity contribution in [3.05, 3.63) is 89.4 Å². The second-order valence-electron chi connectivity index (χ2n) is 7.14. The first-order valence-corrected chi connectivity index (χ1v) is 10.8. The van der Waals surface area contributed by atoms with Crippen molar-refractivity contribution in [3.63, 3.8) is 0 Å². The minimum atomic E-state index is -0.488. The Hall–Kier alpha value is -4.10. The number of nitrogens with zero attached hydrogens (tertiary/aromatic N) is 3. The molecule has 0 radical (unpaired) electrons. The van der Waals surface area contributed by atoms with Crippen LogP contribution in [-0.2, 0) is 0 Å². The molecule has 3 heterocycles. The number of rotatable bonds is 5. The van der Waals surface area contributed by atoms with E-state index in [-0.39, 0.29) is 0 Å². The number of nitrogens with two attached hydrogens (primary N) is 1. The summed E-state index contributed by atoms with van der Waals surface area (Å²) in [6.45, 7) is 2.07. The summed E-state index contributed by atoms with van der Waals surface area (Å²) in [7, 11) is 0. The summed E-state index contributed by atoms with van der Waals surface area (Å²) in [4.78, 5) is 27.3. The number of carbonyl (C=O) groups excluding carboxylic acids is 1. The molecule has 0 unspecified atom stereocenters. The molecule has 5 rings (SSSR count). The molecule has 2 N–H and O–H groups in total. The molecular weight excluding hydrogens is 420 g/mol. The highest BCUT2D eigenvalue weighted by Gasteiger charge is 2.21. The van der Waals surface area contributed by atoms with Crippen LogP contribution in [0.3, 0.4) is 0 Å². The molecule has 1 amide bonds. The predicted octanol–water partition coefficient (Wildman–Crippen LogP) is 5.62. The van der Waals surface area contributed by atoms with Crippen molar-refractivity contribution >= 4 is 27.5 Å². The van der Waals surface area contributed by atoms with Crippen LogP contribution in [0.5, 0.6) is 11.6 Å². The quantitative estimate of drug-likeness (QED) is 0.385. The van der Waals surface area contributed by atoms with Crippen molar-refractivity contribution in [2.75, 3.05) is 0 Å². The number of aromatic nitrogens is 3. The molecule has 5 aromatic rings. The first-order chi connectivity index (χ1) is 15.6. The Morgan fingerprint density at radius 3 is 2.38 bits per heavy atom. The number of primary amides is 1. The number of benzene rings is 2. The summed E-state index contributed by atoms with van der Waals surface area (Å²) in [6.07, 6.45) is 1.71. The fourth-order valence-electron chi connectivity index (χ4n) is 3.52. The van der Waals surface area contributed by atoms with Gasteiger partial charge >= 0.3 is 0 Å². The topological polar surface area (TPSA) is 91.0 Å². The molecule has 0 saturated carbocycles. The fraction of sp³-hybridized carbons (Fsp3) is 0.0400. The Bertz CT molecular complexity index is 1420. The van der Waals surface area contributed by atoms with Crippen LogP contribution in [0, 0.1) is 6.92 Å². The molecule has 0 aliphatic carbocycles. The zero-order valence-corrected chi connectivity index (χ0v) is 18.0. The number of thiophene rings is 1. The molecule has 0 aliphatic rings. The van der Waals surface area contributed by atoms with Crippen molar-refractivity contribution < 1.29 is 9.53 Å². The Morgan fingerprint density at radius 1 is 0.938 bits per heavy atom. The van der Waals surface area contributed by atoms with Gasteiger partial charge in [-0.2, -0.15) is 4.98 Å². The van der Waals surface area contributed by atoms with Crippen LogP contribution in [0.15, 0.2) is 79.0 Å². The number of amides is 1. The Balaban J connectivity index is 1.71. The van der Waals surface area contributed by atoms with Gasteiger partial charge in [0.1, 0.15) is 16.3 Å². The highest BCUT2D eigenvalue weighted by atomic mass is 32.1. The molecule has 6 nitrogen and oxygen atoms in total. The smallest absolute Gasteiger partial charge is 0.248 e. The maximum atomic E-state index is 11.4. The van der Waals surface area contributed by atoms with Gasteiger partial charge in [-0.3, -0.25) is 9.78 Å². The van der Waals surface area contributed by atoms with Gasteiger partial charge in [-0.1, -0.05) is 36.4 Å². The maximum Gasteiger partial charge on any atom is 0.248 e. The van der Waals surface area contributed by atoms with Crippen LogP contribution in [0.2, 0.25) is 0 Å². The first kappa shape index (κ1) is 19.8. The molecule has 0 spiro atoms. The third kappa shape index (κ3) is 3.70. The number of aryl methyl sites for hydroxylation is 1. The molecule has 156 valence electrons. The van der Waals surface area contributed by atoms with E-state index in [0.29, 0.717) is 28.7 Å². The summed E-state index contributed by atoms with van der Waals surface area (Å²) in [5.74, 6) is 0.983. The normalized spacial score (nSPS) is 10.9. The van der Waals surface area contributed by atoms with E-state index in [1.54, 1.807) is 41.8 Å². The molecule has 3 aromatic heterocycles. The van der Waals surface area contributed by atoms with Crippen LogP contribution in [-0.4, -0.2) is 20.9 Å². The lowest BCUT2D eigenvalue weighted by Crippen LogP contribution is -2.10. The molecule has 0 atom stereocenters. The highest BCUT2D eigenvalue weighted by Crippen LogP contribution is 2.43. The fourth-order valence-corrected chi connectivity index (χ4v) is 4.55. The van der Waals surface area contributed by atoms with E-state index in [1.807, 2.05) is 36.4 Å². The lowest BCUT2D eigenvalue weighted by atomic mass is 10.0. The van der Waals surface area contributed by atoms with E-state index >= 15 is 0 Å². The average Bonchev–Trinajstić information content (AvgIpc) is 3.16. The van der Waals surface area contributed by atoms with Gasteiger partial charge < -0.3 is 10.5 Å². The second-order valence-corrected chi connectivity index (χ2v) is 8.34. The SMILES string of the molecule is Cc1sc2nc(-c3ccccn3)nc(Oc3ccc(C(N)=O)cc3)c2c1-c1ccccc1. The van der Waals surface area contributed by atoms with Crippen LogP contribution < -0.4 is 10.5 Å². The maximum absolute atomic E-state index is 11.4. The number of hydrogen-bond acceptors (Lipinski definition) is 6. The van der Waals surface area contributed by atoms with Crippen molar-refractivity contribution in [1.82, 2.24) is 15.0 Å². The lowest BCUT2D eigenvalue weighted by molar-refractivity contribution is 0.100. The Morgan fingerprint density at radius 2 is 1.69 bits per heavy atom. The summed E-state index contributed by atoms with van der Waals surface area (Å²) >= 11 is 1.59. The number of ether oxygens (including phenoxy) is 1. The van der Waals surface area contributed by atoms with Crippen LogP contribution >= 0.6 is 11.3 Å². The summed E-state index contributed by atoms with van der Waals surface area (Å²) < 4.78 is 6.24. The largest absolute Gasteiger partial charge is 0.438 e. The minimum Gasteiger partial charge on any atom is -0.438 e. The zero-order valence-electron chi connectivity index (χ0n) is 17.1. The van der Waals surface area contributed by atoms with Gasteiger partial charge in [-0.25, -0.2) is 4.98 Å². The number of hydrogen-bond donors (Lipinski definition) is 1. The van der Waals surface area contributed by atoms with E-state index in [4.69, 9.17) is 20.4 Å². The molecule has 0 bridgehead atoms. The van der Waals surface area contributed by atoms with E-state index in [1.165, 1.54) is 0 Å². The van der Waals surface area contributed by atoms with Gasteiger partial charge in [0.15, 0.2) is 5.82 Å². The molecule has 2 aromatic carbocycles. The average molecular weight is 439 g/mol. The molecule has 0 aliphatic heterocycles. The van der Waals surface area contributed by atoms with Crippen molar-refractivity contribution in [3.8, 4) is 34.3 Å². The molecule has 7 heteroatoms. The summed E-state index contributed by atoms with van der Waals surface area (Å²) in [6, 6.07) is 22.4. The summed E-state index contributed by atoms with van der Waals surface area (Å²) in [5, 5.41) is 0.845. The first-order valence-electron chi connectivity index (χ1n) is 9.96. The standard InChI is InChI=1S/C25H18N4O2S/c1-15-20(16-7-3-2-4-8-16)21-24(31-18-12-10-17(11-13-18)22(26)30)28-23(29-25(21)32-15)19-9-5-6-14-27-19/h2-14H,1H3,(H2,26,30). The van der Waals surface area contributed by atoms with E-state index in [9.17, 15) is 4.79 Å². The second kappa shape index (κ2) is 8.20. The highest BCUT2D eigenvalue weighted by molar-refractivity contribution is 7.19. The monoisotopic (exact) mass is 438 g/mol. The van der Waals surface area contributed by atoms with Crippen molar-refractivity contribution in [2.45, 2.75) is 6.92 Å². The van der Waals surface area contributed by atoms with E-state index in [0.717, 1.165) is 26.2 Å². The Kier molecular flexibility index (Phi) is 5.09. The van der Waals surface area contributed by atoms with Gasteiger partial charge in [0, 0.05) is 22.2 Å². The van der Waals surface area contributed by atoms with Crippen molar-refractivity contribution in [1.29, 1.82) is 0 Å². The van der Waals surface area contributed by atoms with Gasteiger partial charge in [0.25, 0.3) is 0 Å². The van der Waals surface area contributed by atoms with E-state index < -0.39 is 5.91 Å². The predicted molar refractivity (Wildman–Crippen MR) is 126 cm³/mol. The third-order valence-corrected chi connectivity index (χ3v) is 6.00. The van der Waals surface area contributed by atoms with Gasteiger partial charge in [-0.05, 0) is 48.9 Å². The van der Waals surface area contributed by atoms with Crippen LogP contribution in [0.4, 0.5) is 0 Å². The van der Waals surface area contributed by atoms with E-state index in [2.05, 4.69) is 24.0 Å². The summed E-state index contributed by atoms with van der Waals surface area (Å²) in [5.41, 5.74) is 8.54. The van der Waals surface area contributed by atoms with Crippen molar-refractivity contribution in [2.24, 2.45) is 5.73 Å². The Labute approximate surface area is 188 Å². The minimum absolute atomic E-state index is 0.413. The van der Waals surface area contributed by atoms with Crippen LogP contribution in [0.25, 0.3) is 32.9 Å².